The fourth-order valence-corrected chi connectivity index (χ4v) is 1.42. The number of nitrogens with zero attached hydrogens (tertiary/aromatic N) is 2. The van der Waals surface area contributed by atoms with E-state index < -0.39 is 0 Å². The second-order valence-electron chi connectivity index (χ2n) is 4.51. The van der Waals surface area contributed by atoms with Gasteiger partial charge in [0, 0.05) is 26.1 Å². The molecule has 4 heteroatoms. The molecule has 0 saturated carbocycles. The van der Waals surface area contributed by atoms with Crippen molar-refractivity contribution in [3.05, 3.63) is 22.2 Å². The van der Waals surface area contributed by atoms with Crippen molar-refractivity contribution < 1.29 is 0 Å². The maximum Gasteiger partial charge on any atom is 0.252 e. The number of anilines is 1. The van der Waals surface area contributed by atoms with Crippen LogP contribution in [0.25, 0.3) is 0 Å². The number of rotatable bonds is 5. The van der Waals surface area contributed by atoms with Crippen LogP contribution in [-0.4, -0.2) is 23.6 Å². The van der Waals surface area contributed by atoms with Gasteiger partial charge in [-0.15, -0.1) is 0 Å². The first kappa shape index (κ1) is 12.7. The Bertz CT molecular complexity index is 384. The first-order chi connectivity index (χ1) is 7.52. The lowest BCUT2D eigenvalue weighted by Crippen LogP contribution is -2.24. The van der Waals surface area contributed by atoms with E-state index in [2.05, 4.69) is 23.8 Å². The van der Waals surface area contributed by atoms with Crippen LogP contribution in [0.15, 0.2) is 10.9 Å². The van der Waals surface area contributed by atoms with Gasteiger partial charge < -0.3 is 9.88 Å². The molecule has 1 N–H and O–H groups in total. The van der Waals surface area contributed by atoms with E-state index in [1.807, 2.05) is 18.9 Å². The lowest BCUT2D eigenvalue weighted by molar-refractivity contribution is 0.583. The quantitative estimate of drug-likeness (QED) is 0.828. The zero-order valence-corrected chi connectivity index (χ0v) is 10.6. The molecule has 0 aromatic carbocycles. The third kappa shape index (κ3) is 3.68. The Morgan fingerprint density at radius 3 is 2.75 bits per heavy atom. The van der Waals surface area contributed by atoms with Crippen LogP contribution < -0.4 is 10.5 Å². The molecule has 4 nitrogen and oxygen atoms in total. The van der Waals surface area contributed by atoms with Gasteiger partial charge in [0.1, 0.15) is 11.6 Å². The molecule has 0 unspecified atom stereocenters. The van der Waals surface area contributed by atoms with E-state index in [1.54, 1.807) is 6.07 Å². The third-order valence-electron chi connectivity index (χ3n) is 2.55. The molecule has 90 valence electrons. The summed E-state index contributed by atoms with van der Waals surface area (Å²) in [4.78, 5) is 20.6. The van der Waals surface area contributed by atoms with Crippen molar-refractivity contribution in [3.63, 3.8) is 0 Å². The van der Waals surface area contributed by atoms with E-state index in [-0.39, 0.29) is 5.56 Å². The molecule has 0 saturated heterocycles. The Morgan fingerprint density at radius 2 is 2.19 bits per heavy atom. The first-order valence-corrected chi connectivity index (χ1v) is 5.84. The van der Waals surface area contributed by atoms with Crippen molar-refractivity contribution in [2.45, 2.75) is 33.6 Å². The van der Waals surface area contributed by atoms with Gasteiger partial charge in [-0.3, -0.25) is 4.79 Å². The molecule has 1 aromatic heterocycles. The van der Waals surface area contributed by atoms with Gasteiger partial charge in [-0.25, -0.2) is 4.98 Å². The SMILES string of the molecule is CCc1nc(N(C)CCC(C)C)cc(=O)[nH]1. The predicted octanol–water partition coefficient (Wildman–Crippen LogP) is 1.81. The molecular weight excluding hydrogens is 202 g/mol. The van der Waals surface area contributed by atoms with Crippen LogP contribution in [0.5, 0.6) is 0 Å². The summed E-state index contributed by atoms with van der Waals surface area (Å²) in [5.74, 6) is 2.18. The summed E-state index contributed by atoms with van der Waals surface area (Å²) in [6.45, 7) is 7.29. The van der Waals surface area contributed by atoms with Gasteiger partial charge in [-0.1, -0.05) is 20.8 Å². The average molecular weight is 223 g/mol. The maximum atomic E-state index is 11.4. The predicted molar refractivity (Wildman–Crippen MR) is 67.0 cm³/mol. The zero-order chi connectivity index (χ0) is 12.1. The first-order valence-electron chi connectivity index (χ1n) is 5.84. The van der Waals surface area contributed by atoms with E-state index in [1.165, 1.54) is 0 Å². The summed E-state index contributed by atoms with van der Waals surface area (Å²) in [7, 11) is 1.98. The second kappa shape index (κ2) is 5.68. The Labute approximate surface area is 96.7 Å². The van der Waals surface area contributed by atoms with Crippen LogP contribution in [0.4, 0.5) is 5.82 Å². The molecule has 0 bridgehead atoms. The molecule has 1 aromatic rings. The fourth-order valence-electron chi connectivity index (χ4n) is 1.42. The molecule has 0 atom stereocenters. The van der Waals surface area contributed by atoms with Gasteiger partial charge in [0.2, 0.25) is 0 Å². The highest BCUT2D eigenvalue weighted by Gasteiger charge is 2.06. The highest BCUT2D eigenvalue weighted by molar-refractivity contribution is 5.36. The van der Waals surface area contributed by atoms with Crippen LogP contribution in [-0.2, 0) is 6.42 Å². The van der Waals surface area contributed by atoms with Crippen molar-refractivity contribution >= 4 is 5.82 Å². The van der Waals surface area contributed by atoms with Gasteiger partial charge in [0.05, 0.1) is 0 Å². The van der Waals surface area contributed by atoms with E-state index in [0.29, 0.717) is 5.92 Å². The number of nitrogens with one attached hydrogen (secondary N) is 1. The van der Waals surface area contributed by atoms with E-state index in [0.717, 1.165) is 31.0 Å². The summed E-state index contributed by atoms with van der Waals surface area (Å²) in [5.41, 5.74) is -0.0711. The molecule has 1 rings (SSSR count). The van der Waals surface area contributed by atoms with Gasteiger partial charge in [0.15, 0.2) is 0 Å². The molecule has 0 aliphatic heterocycles. The summed E-state index contributed by atoms with van der Waals surface area (Å²) < 4.78 is 0. The fraction of sp³-hybridized carbons (Fsp3) is 0.667. The highest BCUT2D eigenvalue weighted by atomic mass is 16.1. The standard InChI is InChI=1S/C12H21N3O/c1-5-10-13-11(8-12(16)14-10)15(4)7-6-9(2)3/h8-9H,5-7H2,1-4H3,(H,13,14,16). The zero-order valence-electron chi connectivity index (χ0n) is 10.6. The number of aromatic nitrogens is 2. The summed E-state index contributed by atoms with van der Waals surface area (Å²) in [5, 5.41) is 0. The van der Waals surface area contributed by atoms with Crippen molar-refractivity contribution in [3.8, 4) is 0 Å². The summed E-state index contributed by atoms with van der Waals surface area (Å²) >= 11 is 0. The molecule has 0 aliphatic rings. The van der Waals surface area contributed by atoms with Crippen LogP contribution >= 0.6 is 0 Å². The minimum atomic E-state index is -0.0711. The lowest BCUT2D eigenvalue weighted by atomic mass is 10.1. The van der Waals surface area contributed by atoms with E-state index in [9.17, 15) is 4.79 Å². The molecular formula is C12H21N3O. The number of aromatic amines is 1. The number of H-pyrrole nitrogens is 1. The van der Waals surface area contributed by atoms with Crippen molar-refractivity contribution in [1.29, 1.82) is 0 Å². The summed E-state index contributed by atoms with van der Waals surface area (Å²) in [6, 6.07) is 1.56. The van der Waals surface area contributed by atoms with E-state index >= 15 is 0 Å². The molecule has 0 fully saturated rings. The van der Waals surface area contributed by atoms with Crippen molar-refractivity contribution in [2.75, 3.05) is 18.5 Å². The van der Waals surface area contributed by atoms with Crippen LogP contribution in [0, 0.1) is 5.92 Å². The monoisotopic (exact) mass is 223 g/mol. The molecule has 1 heterocycles. The minimum absolute atomic E-state index is 0.0711. The molecule has 16 heavy (non-hydrogen) atoms. The van der Waals surface area contributed by atoms with Crippen molar-refractivity contribution in [2.24, 2.45) is 5.92 Å². The van der Waals surface area contributed by atoms with Crippen LogP contribution in [0.3, 0.4) is 0 Å². The maximum absolute atomic E-state index is 11.4. The lowest BCUT2D eigenvalue weighted by Gasteiger charge is -2.19. The molecule has 0 radical (unpaired) electrons. The van der Waals surface area contributed by atoms with Gasteiger partial charge >= 0.3 is 0 Å². The minimum Gasteiger partial charge on any atom is -0.359 e. The van der Waals surface area contributed by atoms with E-state index in [4.69, 9.17) is 0 Å². The number of hydrogen-bond donors (Lipinski definition) is 1. The van der Waals surface area contributed by atoms with Gasteiger partial charge in [-0.05, 0) is 12.3 Å². The third-order valence-corrected chi connectivity index (χ3v) is 2.55. The molecule has 0 spiro atoms. The number of hydrogen-bond acceptors (Lipinski definition) is 3. The van der Waals surface area contributed by atoms with Gasteiger partial charge in [-0.2, -0.15) is 0 Å². The molecule has 0 aliphatic carbocycles. The second-order valence-corrected chi connectivity index (χ2v) is 4.51. The molecule has 0 amide bonds. The van der Waals surface area contributed by atoms with Gasteiger partial charge in [0.25, 0.3) is 5.56 Å². The highest BCUT2D eigenvalue weighted by Crippen LogP contribution is 2.08. The van der Waals surface area contributed by atoms with Crippen LogP contribution in [0.1, 0.15) is 33.0 Å². The average Bonchev–Trinajstić information content (AvgIpc) is 2.24. The summed E-state index contributed by atoms with van der Waals surface area (Å²) in [6.07, 6.45) is 1.85. The number of aryl methyl sites for hydroxylation is 1. The largest absolute Gasteiger partial charge is 0.359 e. The Morgan fingerprint density at radius 1 is 1.50 bits per heavy atom. The normalized spacial score (nSPS) is 10.8. The smallest absolute Gasteiger partial charge is 0.252 e. The van der Waals surface area contributed by atoms with Crippen LogP contribution in [0.2, 0.25) is 0 Å². The topological polar surface area (TPSA) is 49.0 Å². The van der Waals surface area contributed by atoms with Crippen molar-refractivity contribution in [1.82, 2.24) is 9.97 Å². The Kier molecular flexibility index (Phi) is 4.52. The Hall–Kier alpha value is -1.32. The Balaban J connectivity index is 2.78.